The van der Waals surface area contributed by atoms with Crippen molar-refractivity contribution in [1.82, 2.24) is 0 Å². The fraction of sp³-hybridized carbons (Fsp3) is 0.250. The third-order valence-electron chi connectivity index (χ3n) is 2.71. The summed E-state index contributed by atoms with van der Waals surface area (Å²) in [6.45, 7) is 1.11. The molecular weight excluding hydrogens is 276 g/mol. The Hall–Kier alpha value is -1.87. The van der Waals surface area contributed by atoms with Crippen LogP contribution in [0.25, 0.3) is 0 Å². The average Bonchev–Trinajstić information content (AvgIpc) is 2.49. The standard InChI is InChI=1S/C16H17ClO3/c1-18-15-9-4-5-10-16(15)20-12-6-11-19-14-8-3-2-7-13(14)17/h2-5,7-10H,6,11-12H2,1H3. The van der Waals surface area contributed by atoms with Crippen LogP contribution in [-0.4, -0.2) is 20.3 Å². The summed E-state index contributed by atoms with van der Waals surface area (Å²) < 4.78 is 16.5. The molecule has 0 N–H and O–H groups in total. The van der Waals surface area contributed by atoms with Crippen LogP contribution in [0.5, 0.6) is 17.2 Å². The van der Waals surface area contributed by atoms with Crippen LogP contribution in [-0.2, 0) is 0 Å². The van der Waals surface area contributed by atoms with Crippen molar-refractivity contribution >= 4 is 11.6 Å². The van der Waals surface area contributed by atoms with E-state index in [-0.39, 0.29) is 0 Å². The Morgan fingerprint density at radius 3 is 2.00 bits per heavy atom. The minimum Gasteiger partial charge on any atom is -0.493 e. The molecule has 0 unspecified atom stereocenters. The van der Waals surface area contributed by atoms with E-state index in [1.165, 1.54) is 0 Å². The Kier molecular flexibility index (Phi) is 5.56. The first kappa shape index (κ1) is 14.5. The Labute approximate surface area is 124 Å². The number of ether oxygens (including phenoxy) is 3. The fourth-order valence-electron chi connectivity index (χ4n) is 1.72. The van der Waals surface area contributed by atoms with Gasteiger partial charge in [0.15, 0.2) is 11.5 Å². The second-order valence-corrected chi connectivity index (χ2v) is 4.54. The molecule has 0 aliphatic carbocycles. The van der Waals surface area contributed by atoms with Crippen molar-refractivity contribution < 1.29 is 14.2 Å². The lowest BCUT2D eigenvalue weighted by Crippen LogP contribution is -2.05. The third-order valence-corrected chi connectivity index (χ3v) is 3.02. The normalized spacial score (nSPS) is 10.1. The minimum atomic E-state index is 0.554. The van der Waals surface area contributed by atoms with E-state index >= 15 is 0 Å². The quantitative estimate of drug-likeness (QED) is 0.716. The van der Waals surface area contributed by atoms with E-state index in [2.05, 4.69) is 0 Å². The molecule has 0 saturated heterocycles. The van der Waals surface area contributed by atoms with E-state index in [0.717, 1.165) is 17.9 Å². The van der Waals surface area contributed by atoms with E-state index in [0.29, 0.717) is 24.0 Å². The van der Waals surface area contributed by atoms with Crippen LogP contribution in [0, 0.1) is 0 Å². The first-order chi connectivity index (χ1) is 9.81. The van der Waals surface area contributed by atoms with Gasteiger partial charge in [0.2, 0.25) is 0 Å². The molecular formula is C16H17ClO3. The molecule has 2 aromatic rings. The molecule has 2 rings (SSSR count). The maximum Gasteiger partial charge on any atom is 0.161 e. The zero-order valence-corrected chi connectivity index (χ0v) is 12.1. The van der Waals surface area contributed by atoms with Crippen molar-refractivity contribution in [1.29, 1.82) is 0 Å². The average molecular weight is 293 g/mol. The molecule has 0 aromatic heterocycles. The first-order valence-electron chi connectivity index (χ1n) is 6.44. The highest BCUT2D eigenvalue weighted by Crippen LogP contribution is 2.26. The summed E-state index contributed by atoms with van der Waals surface area (Å²) in [5.41, 5.74) is 0. The molecule has 0 radical (unpaired) electrons. The van der Waals surface area contributed by atoms with E-state index in [9.17, 15) is 0 Å². The van der Waals surface area contributed by atoms with E-state index in [1.54, 1.807) is 7.11 Å². The molecule has 2 aromatic carbocycles. The van der Waals surface area contributed by atoms with Crippen LogP contribution >= 0.6 is 11.6 Å². The summed E-state index contributed by atoms with van der Waals surface area (Å²) in [6.07, 6.45) is 0.767. The Balaban J connectivity index is 1.73. The summed E-state index contributed by atoms with van der Waals surface area (Å²) in [5.74, 6) is 2.18. The van der Waals surface area contributed by atoms with Gasteiger partial charge in [-0.15, -0.1) is 0 Å². The topological polar surface area (TPSA) is 27.7 Å². The predicted molar refractivity (Wildman–Crippen MR) is 80.1 cm³/mol. The molecule has 106 valence electrons. The molecule has 0 heterocycles. The maximum absolute atomic E-state index is 6.00. The largest absolute Gasteiger partial charge is 0.493 e. The van der Waals surface area contributed by atoms with Gasteiger partial charge in [0.05, 0.1) is 25.3 Å². The highest BCUT2D eigenvalue weighted by molar-refractivity contribution is 6.32. The monoisotopic (exact) mass is 292 g/mol. The van der Waals surface area contributed by atoms with E-state index in [4.69, 9.17) is 25.8 Å². The first-order valence-corrected chi connectivity index (χ1v) is 6.82. The van der Waals surface area contributed by atoms with Gasteiger partial charge in [-0.2, -0.15) is 0 Å². The molecule has 0 spiro atoms. The molecule has 0 aliphatic heterocycles. The Morgan fingerprint density at radius 2 is 1.35 bits per heavy atom. The van der Waals surface area contributed by atoms with Crippen molar-refractivity contribution in [3.8, 4) is 17.2 Å². The minimum absolute atomic E-state index is 0.554. The summed E-state index contributed by atoms with van der Waals surface area (Å²) >= 11 is 6.00. The van der Waals surface area contributed by atoms with Crippen LogP contribution in [0.15, 0.2) is 48.5 Å². The lowest BCUT2D eigenvalue weighted by Gasteiger charge is -2.11. The van der Waals surface area contributed by atoms with Gasteiger partial charge in [-0.25, -0.2) is 0 Å². The highest BCUT2D eigenvalue weighted by Gasteiger charge is 2.03. The number of para-hydroxylation sites is 3. The van der Waals surface area contributed by atoms with Crippen LogP contribution in [0.1, 0.15) is 6.42 Å². The van der Waals surface area contributed by atoms with Crippen molar-refractivity contribution in [2.24, 2.45) is 0 Å². The molecule has 0 saturated carbocycles. The summed E-state index contributed by atoms with van der Waals surface area (Å²) in [5, 5.41) is 0.623. The SMILES string of the molecule is COc1ccccc1OCCCOc1ccccc1Cl. The molecule has 20 heavy (non-hydrogen) atoms. The lowest BCUT2D eigenvalue weighted by molar-refractivity contribution is 0.240. The predicted octanol–water partition coefficient (Wildman–Crippen LogP) is 4.20. The van der Waals surface area contributed by atoms with E-state index in [1.807, 2.05) is 48.5 Å². The van der Waals surface area contributed by atoms with Gasteiger partial charge in [0.1, 0.15) is 5.75 Å². The second-order valence-electron chi connectivity index (χ2n) is 4.13. The van der Waals surface area contributed by atoms with Gasteiger partial charge >= 0.3 is 0 Å². The molecule has 0 aliphatic rings. The van der Waals surface area contributed by atoms with Crippen LogP contribution < -0.4 is 14.2 Å². The highest BCUT2D eigenvalue weighted by atomic mass is 35.5. The van der Waals surface area contributed by atoms with Crippen LogP contribution in [0.3, 0.4) is 0 Å². The second kappa shape index (κ2) is 7.65. The van der Waals surface area contributed by atoms with Gasteiger partial charge in [-0.1, -0.05) is 35.9 Å². The Bertz CT molecular complexity index is 543. The van der Waals surface area contributed by atoms with Crippen molar-refractivity contribution in [2.75, 3.05) is 20.3 Å². The fourth-order valence-corrected chi connectivity index (χ4v) is 1.91. The lowest BCUT2D eigenvalue weighted by atomic mass is 10.3. The number of benzene rings is 2. The number of methoxy groups -OCH3 is 1. The van der Waals surface area contributed by atoms with Crippen LogP contribution in [0.2, 0.25) is 5.02 Å². The van der Waals surface area contributed by atoms with Crippen molar-refractivity contribution in [3.63, 3.8) is 0 Å². The van der Waals surface area contributed by atoms with Gasteiger partial charge < -0.3 is 14.2 Å². The molecule has 0 fully saturated rings. The molecule has 0 amide bonds. The molecule has 4 heteroatoms. The van der Waals surface area contributed by atoms with Gasteiger partial charge in [-0.05, 0) is 24.3 Å². The number of hydrogen-bond donors (Lipinski definition) is 0. The third kappa shape index (κ3) is 4.07. The molecule has 0 bridgehead atoms. The zero-order valence-electron chi connectivity index (χ0n) is 11.3. The van der Waals surface area contributed by atoms with Gasteiger partial charge in [0.25, 0.3) is 0 Å². The zero-order chi connectivity index (χ0) is 14.2. The maximum atomic E-state index is 6.00. The van der Waals surface area contributed by atoms with Gasteiger partial charge in [-0.3, -0.25) is 0 Å². The van der Waals surface area contributed by atoms with Crippen LogP contribution in [0.4, 0.5) is 0 Å². The van der Waals surface area contributed by atoms with Crippen molar-refractivity contribution in [2.45, 2.75) is 6.42 Å². The molecule has 3 nitrogen and oxygen atoms in total. The molecule has 0 atom stereocenters. The Morgan fingerprint density at radius 1 is 0.800 bits per heavy atom. The van der Waals surface area contributed by atoms with Gasteiger partial charge in [0, 0.05) is 6.42 Å². The summed E-state index contributed by atoms with van der Waals surface area (Å²) in [6, 6.07) is 15.0. The smallest absolute Gasteiger partial charge is 0.161 e. The summed E-state index contributed by atoms with van der Waals surface area (Å²) in [4.78, 5) is 0. The number of rotatable bonds is 7. The number of halogens is 1. The van der Waals surface area contributed by atoms with E-state index < -0.39 is 0 Å². The number of hydrogen-bond acceptors (Lipinski definition) is 3. The summed E-state index contributed by atoms with van der Waals surface area (Å²) in [7, 11) is 1.63. The van der Waals surface area contributed by atoms with Crippen molar-refractivity contribution in [3.05, 3.63) is 53.6 Å².